The van der Waals surface area contributed by atoms with Gasteiger partial charge in [0.25, 0.3) is 0 Å². The molecular weight excluding hydrogens is 445 g/mol. The van der Waals surface area contributed by atoms with Gasteiger partial charge in [-0.2, -0.15) is 15.0 Å². The summed E-state index contributed by atoms with van der Waals surface area (Å²) in [5.41, 5.74) is 0.731. The third kappa shape index (κ3) is 6.72. The first kappa shape index (κ1) is 25.4. The molecular formula is C26H40FN7O. The molecule has 0 atom stereocenters. The Balaban J connectivity index is 1.67. The first-order valence-corrected chi connectivity index (χ1v) is 13.2. The monoisotopic (exact) mass is 485 g/mol. The number of ether oxygens (including phenoxy) is 1. The van der Waals surface area contributed by atoms with Crippen molar-refractivity contribution in [3.63, 3.8) is 0 Å². The topological polar surface area (TPSA) is 78.4 Å². The number of anilines is 4. The molecule has 0 bridgehead atoms. The fourth-order valence-electron chi connectivity index (χ4n) is 4.97. The highest BCUT2D eigenvalue weighted by Crippen LogP contribution is 2.33. The Hall–Kier alpha value is -2.68. The normalized spacial score (nSPS) is 18.2. The van der Waals surface area contributed by atoms with Crippen LogP contribution < -0.4 is 20.3 Å². The van der Waals surface area contributed by atoms with Gasteiger partial charge in [-0.25, -0.2) is 4.39 Å². The summed E-state index contributed by atoms with van der Waals surface area (Å²) in [5.74, 6) is 1.53. The molecule has 1 saturated heterocycles. The molecule has 0 spiro atoms. The molecule has 1 saturated carbocycles. The number of hydrogen-bond donors (Lipinski definition) is 2. The molecule has 1 aliphatic heterocycles. The van der Waals surface area contributed by atoms with Crippen molar-refractivity contribution in [2.75, 3.05) is 49.3 Å². The van der Waals surface area contributed by atoms with E-state index in [2.05, 4.69) is 32.5 Å². The van der Waals surface area contributed by atoms with E-state index in [1.807, 2.05) is 20.0 Å². The molecule has 2 aromatic rings. The lowest BCUT2D eigenvalue weighted by Gasteiger charge is -2.37. The van der Waals surface area contributed by atoms with Crippen molar-refractivity contribution in [3.05, 3.63) is 24.0 Å². The number of nitrogens with zero attached hydrogens (tertiary/aromatic N) is 5. The molecule has 8 nitrogen and oxygen atoms in total. The molecule has 0 radical (unpaired) electrons. The lowest BCUT2D eigenvalue weighted by molar-refractivity contribution is 0.254. The average molecular weight is 486 g/mol. The molecule has 0 amide bonds. The number of hydrogen-bond acceptors (Lipinski definition) is 8. The van der Waals surface area contributed by atoms with E-state index >= 15 is 4.39 Å². The van der Waals surface area contributed by atoms with Gasteiger partial charge in [-0.05, 0) is 64.4 Å². The molecule has 35 heavy (non-hydrogen) atoms. The molecule has 192 valence electrons. The van der Waals surface area contributed by atoms with Crippen LogP contribution in [0.5, 0.6) is 5.75 Å². The maximum absolute atomic E-state index is 15.0. The van der Waals surface area contributed by atoms with Gasteiger partial charge in [0.2, 0.25) is 17.8 Å². The van der Waals surface area contributed by atoms with Crippen LogP contribution in [0.3, 0.4) is 0 Å². The van der Waals surface area contributed by atoms with Crippen LogP contribution in [-0.2, 0) is 0 Å². The fraction of sp³-hybridized carbons (Fsp3) is 0.654. The van der Waals surface area contributed by atoms with E-state index in [0.29, 0.717) is 30.5 Å². The Morgan fingerprint density at radius 2 is 1.74 bits per heavy atom. The molecule has 0 unspecified atom stereocenters. The number of likely N-dealkylation sites (tertiary alicyclic amines) is 1. The quantitative estimate of drug-likeness (QED) is 0.469. The summed E-state index contributed by atoms with van der Waals surface area (Å²) >= 11 is 0. The highest BCUT2D eigenvalue weighted by Gasteiger charge is 2.28. The summed E-state index contributed by atoms with van der Waals surface area (Å²) in [4.78, 5) is 18.6. The van der Waals surface area contributed by atoms with Gasteiger partial charge in [0, 0.05) is 30.9 Å². The van der Waals surface area contributed by atoms with E-state index in [1.54, 1.807) is 12.1 Å². The van der Waals surface area contributed by atoms with E-state index in [9.17, 15) is 0 Å². The zero-order valence-electron chi connectivity index (χ0n) is 21.4. The van der Waals surface area contributed by atoms with Crippen molar-refractivity contribution in [3.8, 4) is 5.75 Å². The maximum Gasteiger partial charge on any atom is 0.236 e. The molecule has 2 fully saturated rings. The Labute approximate surface area is 208 Å². The van der Waals surface area contributed by atoms with Gasteiger partial charge in [-0.1, -0.05) is 32.6 Å². The van der Waals surface area contributed by atoms with Crippen LogP contribution in [-0.4, -0.2) is 65.7 Å². The third-order valence-electron chi connectivity index (χ3n) is 6.96. The van der Waals surface area contributed by atoms with Crippen LogP contribution in [0.15, 0.2) is 18.2 Å². The summed E-state index contributed by atoms with van der Waals surface area (Å²) in [6.07, 6.45) is 9.99. The minimum atomic E-state index is -0.367. The second-order valence-corrected chi connectivity index (χ2v) is 9.73. The second-order valence-electron chi connectivity index (χ2n) is 9.73. The number of benzene rings is 1. The van der Waals surface area contributed by atoms with Gasteiger partial charge < -0.3 is 25.2 Å². The number of nitrogens with one attached hydrogen (secondary N) is 2. The van der Waals surface area contributed by atoms with Gasteiger partial charge in [0.1, 0.15) is 0 Å². The Bertz CT molecular complexity index is 943. The largest absolute Gasteiger partial charge is 0.491 e. The number of halogens is 1. The molecule has 9 heteroatoms. The first-order chi connectivity index (χ1) is 17.1. The van der Waals surface area contributed by atoms with Gasteiger partial charge >= 0.3 is 0 Å². The molecule has 1 aliphatic carbocycles. The number of piperidine rings is 1. The van der Waals surface area contributed by atoms with Crippen molar-refractivity contribution < 1.29 is 9.13 Å². The van der Waals surface area contributed by atoms with Crippen molar-refractivity contribution in [2.24, 2.45) is 0 Å². The minimum absolute atomic E-state index is 0.158. The smallest absolute Gasteiger partial charge is 0.236 e. The van der Waals surface area contributed by atoms with Crippen LogP contribution in [0.4, 0.5) is 27.9 Å². The number of aromatic nitrogens is 3. The van der Waals surface area contributed by atoms with Crippen LogP contribution in [0.2, 0.25) is 0 Å². The maximum atomic E-state index is 15.0. The van der Waals surface area contributed by atoms with Crippen molar-refractivity contribution in [1.29, 1.82) is 0 Å². The van der Waals surface area contributed by atoms with Gasteiger partial charge in [-0.15, -0.1) is 0 Å². The number of rotatable bonds is 9. The van der Waals surface area contributed by atoms with Crippen molar-refractivity contribution >= 4 is 23.5 Å². The summed E-state index contributed by atoms with van der Waals surface area (Å²) in [6, 6.07) is 5.69. The summed E-state index contributed by atoms with van der Waals surface area (Å²) in [7, 11) is 3.95. The van der Waals surface area contributed by atoms with Crippen LogP contribution in [0.25, 0.3) is 0 Å². The van der Waals surface area contributed by atoms with E-state index in [0.717, 1.165) is 50.9 Å². The minimum Gasteiger partial charge on any atom is -0.491 e. The molecule has 2 N–H and O–H groups in total. The lowest BCUT2D eigenvalue weighted by Crippen LogP contribution is -2.42. The van der Waals surface area contributed by atoms with Crippen molar-refractivity contribution in [1.82, 2.24) is 19.9 Å². The molecule has 2 heterocycles. The Kier molecular flexibility index (Phi) is 8.95. The van der Waals surface area contributed by atoms with Gasteiger partial charge in [0.05, 0.1) is 6.61 Å². The highest BCUT2D eigenvalue weighted by atomic mass is 19.1. The molecule has 1 aromatic carbocycles. The zero-order valence-corrected chi connectivity index (χ0v) is 21.4. The van der Waals surface area contributed by atoms with Gasteiger partial charge in [0.15, 0.2) is 11.6 Å². The van der Waals surface area contributed by atoms with E-state index < -0.39 is 0 Å². The van der Waals surface area contributed by atoms with Crippen LogP contribution >= 0.6 is 0 Å². The van der Waals surface area contributed by atoms with Crippen molar-refractivity contribution in [2.45, 2.75) is 76.8 Å². The van der Waals surface area contributed by atoms with E-state index in [4.69, 9.17) is 14.7 Å². The fourth-order valence-corrected chi connectivity index (χ4v) is 4.97. The third-order valence-corrected chi connectivity index (χ3v) is 6.96. The molecule has 1 aromatic heterocycles. The standard InChI is InChI=1S/C26H40FN7O/c1-4-17-35-23-12-11-21(18-22(23)27)34(20-13-15-33(3)16-14-20)26-31-24(28-2)30-25(32-26)29-19-9-7-5-6-8-10-19/h11-12,18-20H,4-10,13-17H2,1-3H3,(H2,28,29,30,31,32). The molecule has 2 aliphatic rings. The lowest BCUT2D eigenvalue weighted by atomic mass is 10.0. The van der Waals surface area contributed by atoms with E-state index in [1.165, 1.54) is 25.7 Å². The predicted octanol–water partition coefficient (Wildman–Crippen LogP) is 5.21. The summed E-state index contributed by atoms with van der Waals surface area (Å²) in [6.45, 7) is 4.44. The first-order valence-electron chi connectivity index (χ1n) is 13.2. The Morgan fingerprint density at radius 1 is 1.03 bits per heavy atom. The van der Waals surface area contributed by atoms with Gasteiger partial charge in [-0.3, -0.25) is 0 Å². The summed E-state index contributed by atoms with van der Waals surface area (Å²) in [5, 5.41) is 6.65. The highest BCUT2D eigenvalue weighted by molar-refractivity contribution is 5.61. The average Bonchev–Trinajstić information content (AvgIpc) is 3.13. The zero-order chi connectivity index (χ0) is 24.6. The summed E-state index contributed by atoms with van der Waals surface area (Å²) < 4.78 is 20.6. The van der Waals surface area contributed by atoms with E-state index in [-0.39, 0.29) is 17.6 Å². The van der Waals surface area contributed by atoms with Crippen LogP contribution in [0, 0.1) is 5.82 Å². The van der Waals surface area contributed by atoms with Crippen LogP contribution in [0.1, 0.15) is 64.7 Å². The Morgan fingerprint density at radius 3 is 2.40 bits per heavy atom. The second kappa shape index (κ2) is 12.3. The molecule has 4 rings (SSSR count). The SMILES string of the molecule is CCCOc1ccc(N(c2nc(NC)nc(NC3CCCCCC3)n2)C2CCN(C)CC2)cc1F. The predicted molar refractivity (Wildman–Crippen MR) is 139 cm³/mol.